The van der Waals surface area contributed by atoms with Crippen molar-refractivity contribution in [3.8, 4) is 0 Å². The highest BCUT2D eigenvalue weighted by Gasteiger charge is 2.32. The quantitative estimate of drug-likeness (QED) is 0.762. The van der Waals surface area contributed by atoms with Gasteiger partial charge >= 0.3 is 0 Å². The molecule has 2 aromatic rings. The predicted molar refractivity (Wildman–Crippen MR) is 105 cm³/mol. The third-order valence-corrected chi connectivity index (χ3v) is 5.75. The van der Waals surface area contributed by atoms with E-state index in [0.29, 0.717) is 18.3 Å². The first-order valence-electron chi connectivity index (χ1n) is 8.38. The topological polar surface area (TPSA) is 49.4 Å². The van der Waals surface area contributed by atoms with Crippen molar-refractivity contribution in [2.24, 2.45) is 0 Å². The maximum absolute atomic E-state index is 12.5. The second kappa shape index (κ2) is 8.54. The standard InChI is InChI=1S/C19H22N2O2S2/c1-14-4-2-5-15(10-14)20-18(22)12-24-13-19(23)21(16-7-8-16)11-17-6-3-9-25-17/h2-6,9-10,16H,7-8,11-13H2,1H3,(H,20,22). The third-order valence-electron chi connectivity index (χ3n) is 3.97. The fourth-order valence-corrected chi connectivity index (χ4v) is 4.01. The van der Waals surface area contributed by atoms with Crippen molar-refractivity contribution in [2.75, 3.05) is 16.8 Å². The molecular weight excluding hydrogens is 352 g/mol. The normalized spacial score (nSPS) is 13.5. The summed E-state index contributed by atoms with van der Waals surface area (Å²) in [5, 5.41) is 4.91. The van der Waals surface area contributed by atoms with Crippen LogP contribution in [-0.2, 0) is 16.1 Å². The number of carbonyl (C=O) groups excluding carboxylic acids is 2. The Labute approximate surface area is 156 Å². The molecule has 1 heterocycles. The molecule has 132 valence electrons. The summed E-state index contributed by atoms with van der Waals surface area (Å²) in [6, 6.07) is 12.2. The van der Waals surface area contributed by atoms with Gasteiger partial charge < -0.3 is 10.2 Å². The van der Waals surface area contributed by atoms with Gasteiger partial charge in [-0.25, -0.2) is 0 Å². The van der Waals surface area contributed by atoms with Crippen LogP contribution in [0, 0.1) is 6.92 Å². The van der Waals surface area contributed by atoms with Crippen molar-refractivity contribution in [3.05, 3.63) is 52.2 Å². The molecule has 0 aliphatic heterocycles. The Balaban J connectivity index is 1.44. The van der Waals surface area contributed by atoms with Gasteiger partial charge in [-0.1, -0.05) is 18.2 Å². The monoisotopic (exact) mass is 374 g/mol. The van der Waals surface area contributed by atoms with Gasteiger partial charge in [-0.05, 0) is 48.9 Å². The van der Waals surface area contributed by atoms with Gasteiger partial charge in [-0.2, -0.15) is 0 Å². The Morgan fingerprint density at radius 3 is 2.76 bits per heavy atom. The molecule has 0 unspecified atom stereocenters. The molecular formula is C19H22N2O2S2. The van der Waals surface area contributed by atoms with Gasteiger partial charge in [-0.15, -0.1) is 23.1 Å². The third kappa shape index (κ3) is 5.61. The van der Waals surface area contributed by atoms with Gasteiger partial charge in [0.2, 0.25) is 11.8 Å². The second-order valence-electron chi connectivity index (χ2n) is 6.24. The molecule has 1 aromatic heterocycles. The lowest BCUT2D eigenvalue weighted by Gasteiger charge is -2.21. The van der Waals surface area contributed by atoms with Crippen LogP contribution in [0.2, 0.25) is 0 Å². The largest absolute Gasteiger partial charge is 0.334 e. The van der Waals surface area contributed by atoms with Gasteiger partial charge in [0.1, 0.15) is 0 Å². The highest BCUT2D eigenvalue weighted by atomic mass is 32.2. The van der Waals surface area contributed by atoms with Crippen molar-refractivity contribution in [1.29, 1.82) is 0 Å². The van der Waals surface area contributed by atoms with E-state index < -0.39 is 0 Å². The maximum atomic E-state index is 12.5. The van der Waals surface area contributed by atoms with Crippen molar-refractivity contribution in [2.45, 2.75) is 32.4 Å². The Kier molecular flexibility index (Phi) is 6.15. The van der Waals surface area contributed by atoms with Crippen LogP contribution in [0.3, 0.4) is 0 Å². The number of thiophene rings is 1. The molecule has 1 aliphatic carbocycles. The van der Waals surface area contributed by atoms with Gasteiger partial charge in [0.15, 0.2) is 0 Å². The van der Waals surface area contributed by atoms with Crippen LogP contribution in [0.5, 0.6) is 0 Å². The van der Waals surface area contributed by atoms with E-state index in [1.807, 2.05) is 47.5 Å². The van der Waals surface area contributed by atoms with Crippen LogP contribution in [0.15, 0.2) is 41.8 Å². The number of nitrogens with zero attached hydrogens (tertiary/aromatic N) is 1. The fraction of sp³-hybridized carbons (Fsp3) is 0.368. The second-order valence-corrected chi connectivity index (χ2v) is 8.26. The van der Waals surface area contributed by atoms with E-state index in [1.165, 1.54) is 16.6 Å². The number of anilines is 1. The minimum absolute atomic E-state index is 0.0698. The highest BCUT2D eigenvalue weighted by molar-refractivity contribution is 8.00. The van der Waals surface area contributed by atoms with Crippen LogP contribution >= 0.6 is 23.1 Å². The molecule has 6 heteroatoms. The molecule has 1 saturated carbocycles. The Hall–Kier alpha value is -1.79. The number of hydrogen-bond donors (Lipinski definition) is 1. The van der Waals surface area contributed by atoms with Crippen LogP contribution < -0.4 is 5.32 Å². The molecule has 25 heavy (non-hydrogen) atoms. The van der Waals surface area contributed by atoms with E-state index >= 15 is 0 Å². The first kappa shape index (κ1) is 18.0. The molecule has 1 fully saturated rings. The molecule has 1 N–H and O–H groups in total. The van der Waals surface area contributed by atoms with Crippen LogP contribution in [0.4, 0.5) is 5.69 Å². The molecule has 1 aromatic carbocycles. The Morgan fingerprint density at radius 1 is 1.24 bits per heavy atom. The zero-order valence-electron chi connectivity index (χ0n) is 14.2. The predicted octanol–water partition coefficient (Wildman–Crippen LogP) is 3.92. The number of rotatable bonds is 8. The summed E-state index contributed by atoms with van der Waals surface area (Å²) in [5.74, 6) is 0.698. The summed E-state index contributed by atoms with van der Waals surface area (Å²) in [5.41, 5.74) is 1.91. The Bertz CT molecular complexity index is 727. The summed E-state index contributed by atoms with van der Waals surface area (Å²) >= 11 is 3.06. The SMILES string of the molecule is Cc1cccc(NC(=O)CSCC(=O)N(Cc2cccs2)C2CC2)c1. The van der Waals surface area contributed by atoms with E-state index in [0.717, 1.165) is 24.1 Å². The van der Waals surface area contributed by atoms with Crippen molar-refractivity contribution >= 4 is 40.6 Å². The first-order chi connectivity index (χ1) is 12.1. The number of amides is 2. The summed E-state index contributed by atoms with van der Waals surface area (Å²) < 4.78 is 0. The van der Waals surface area contributed by atoms with Gasteiger partial charge in [0.05, 0.1) is 18.1 Å². The molecule has 0 bridgehead atoms. The van der Waals surface area contributed by atoms with Crippen LogP contribution in [0.1, 0.15) is 23.3 Å². The number of carbonyl (C=O) groups is 2. The summed E-state index contributed by atoms with van der Waals surface area (Å²) in [4.78, 5) is 27.7. The maximum Gasteiger partial charge on any atom is 0.234 e. The average Bonchev–Trinajstić information content (AvgIpc) is 3.28. The van der Waals surface area contributed by atoms with Crippen molar-refractivity contribution in [3.63, 3.8) is 0 Å². The van der Waals surface area contributed by atoms with Crippen molar-refractivity contribution in [1.82, 2.24) is 4.90 Å². The highest BCUT2D eigenvalue weighted by Crippen LogP contribution is 2.29. The van der Waals surface area contributed by atoms with Crippen LogP contribution in [-0.4, -0.2) is 34.3 Å². The van der Waals surface area contributed by atoms with E-state index in [4.69, 9.17) is 0 Å². The van der Waals surface area contributed by atoms with E-state index in [9.17, 15) is 9.59 Å². The fourth-order valence-electron chi connectivity index (χ4n) is 2.61. The van der Waals surface area contributed by atoms with Crippen LogP contribution in [0.25, 0.3) is 0 Å². The molecule has 0 atom stereocenters. The zero-order chi connectivity index (χ0) is 17.6. The van der Waals surface area contributed by atoms with Gasteiger partial charge in [0.25, 0.3) is 0 Å². The molecule has 0 spiro atoms. The minimum Gasteiger partial charge on any atom is -0.334 e. The van der Waals surface area contributed by atoms with Gasteiger partial charge in [-0.3, -0.25) is 9.59 Å². The lowest BCUT2D eigenvalue weighted by molar-refractivity contribution is -0.129. The lowest BCUT2D eigenvalue weighted by Crippen LogP contribution is -2.34. The number of hydrogen-bond acceptors (Lipinski definition) is 4. The van der Waals surface area contributed by atoms with E-state index in [-0.39, 0.29) is 17.6 Å². The average molecular weight is 375 g/mol. The molecule has 1 aliphatic rings. The molecule has 0 saturated heterocycles. The number of thioether (sulfide) groups is 1. The molecule has 4 nitrogen and oxygen atoms in total. The smallest absolute Gasteiger partial charge is 0.234 e. The Morgan fingerprint density at radius 2 is 2.08 bits per heavy atom. The molecule has 0 radical (unpaired) electrons. The molecule has 3 rings (SSSR count). The number of aryl methyl sites for hydroxylation is 1. The zero-order valence-corrected chi connectivity index (χ0v) is 15.9. The summed E-state index contributed by atoms with van der Waals surface area (Å²) in [6.07, 6.45) is 2.19. The lowest BCUT2D eigenvalue weighted by atomic mass is 10.2. The number of benzene rings is 1. The molecule has 2 amide bonds. The minimum atomic E-state index is -0.0698. The van der Waals surface area contributed by atoms with E-state index in [1.54, 1.807) is 11.3 Å². The first-order valence-corrected chi connectivity index (χ1v) is 10.4. The summed E-state index contributed by atoms with van der Waals surface area (Å²) in [6.45, 7) is 2.68. The van der Waals surface area contributed by atoms with Crippen molar-refractivity contribution < 1.29 is 9.59 Å². The number of nitrogens with one attached hydrogen (secondary N) is 1. The summed E-state index contributed by atoms with van der Waals surface area (Å²) in [7, 11) is 0. The van der Waals surface area contributed by atoms with Gasteiger partial charge in [0, 0.05) is 16.6 Å². The van der Waals surface area contributed by atoms with E-state index in [2.05, 4.69) is 11.4 Å².